The van der Waals surface area contributed by atoms with Crippen molar-refractivity contribution in [2.24, 2.45) is 0 Å². The minimum Gasteiger partial charge on any atom is -0.352 e. The zero-order valence-electron chi connectivity index (χ0n) is 18.9. The molecule has 0 atom stereocenters. The Morgan fingerprint density at radius 1 is 1.06 bits per heavy atom. The first-order valence-corrected chi connectivity index (χ1v) is 13.8. The molecule has 1 aliphatic heterocycles. The van der Waals surface area contributed by atoms with Crippen molar-refractivity contribution in [3.05, 3.63) is 63.6 Å². The summed E-state index contributed by atoms with van der Waals surface area (Å²) in [7, 11) is -3.57. The van der Waals surface area contributed by atoms with E-state index in [-0.39, 0.29) is 18.9 Å². The molecule has 1 aliphatic rings. The molecule has 1 heterocycles. The number of carbonyl (C=O) groups is 1. The normalized spacial score (nSPS) is 14.8. The highest BCUT2D eigenvalue weighted by atomic mass is 35.5. The van der Waals surface area contributed by atoms with Crippen LogP contribution in [0.25, 0.3) is 0 Å². The molecule has 0 radical (unpaired) electrons. The van der Waals surface area contributed by atoms with E-state index in [0.717, 1.165) is 31.5 Å². The van der Waals surface area contributed by atoms with Gasteiger partial charge in [-0.05, 0) is 61.7 Å². The average Bonchev–Trinajstić information content (AvgIpc) is 2.77. The number of anilines is 1. The lowest BCUT2D eigenvalue weighted by Gasteiger charge is -2.26. The summed E-state index contributed by atoms with van der Waals surface area (Å²) in [6.45, 7) is 3.81. The summed E-state index contributed by atoms with van der Waals surface area (Å²) in [6, 6.07) is 13.0. The number of likely N-dealkylation sites (tertiary alicyclic amines) is 1. The SMILES string of the molecule is CS(=O)(=O)N(CCCC(=O)NCc1cccc(CN2CCCCC2)c1)c1cc(Cl)ccc1Cl. The number of amides is 1. The van der Waals surface area contributed by atoms with Gasteiger partial charge in [0, 0.05) is 31.1 Å². The summed E-state index contributed by atoms with van der Waals surface area (Å²) in [4.78, 5) is 14.8. The van der Waals surface area contributed by atoms with E-state index in [1.807, 2.05) is 12.1 Å². The number of nitrogens with one attached hydrogen (secondary N) is 1. The van der Waals surface area contributed by atoms with Crippen molar-refractivity contribution in [3.8, 4) is 0 Å². The van der Waals surface area contributed by atoms with E-state index >= 15 is 0 Å². The van der Waals surface area contributed by atoms with Gasteiger partial charge in [-0.25, -0.2) is 8.42 Å². The van der Waals surface area contributed by atoms with Crippen LogP contribution < -0.4 is 9.62 Å². The van der Waals surface area contributed by atoms with Gasteiger partial charge in [0.1, 0.15) is 0 Å². The van der Waals surface area contributed by atoms with Crippen LogP contribution >= 0.6 is 23.2 Å². The summed E-state index contributed by atoms with van der Waals surface area (Å²) in [6.07, 6.45) is 5.51. The molecular weight excluding hydrogens is 481 g/mol. The second kappa shape index (κ2) is 12.1. The number of sulfonamides is 1. The van der Waals surface area contributed by atoms with Crippen molar-refractivity contribution in [2.75, 3.05) is 30.2 Å². The zero-order valence-corrected chi connectivity index (χ0v) is 21.2. The summed E-state index contributed by atoms with van der Waals surface area (Å²) in [5.74, 6) is -0.123. The summed E-state index contributed by atoms with van der Waals surface area (Å²) < 4.78 is 25.7. The number of halogens is 2. The molecule has 33 heavy (non-hydrogen) atoms. The van der Waals surface area contributed by atoms with Crippen molar-refractivity contribution >= 4 is 44.8 Å². The molecule has 3 rings (SSSR count). The zero-order chi connectivity index (χ0) is 23.8. The van der Waals surface area contributed by atoms with Crippen molar-refractivity contribution in [2.45, 2.75) is 45.2 Å². The topological polar surface area (TPSA) is 69.7 Å². The number of hydrogen-bond donors (Lipinski definition) is 1. The third-order valence-electron chi connectivity index (χ3n) is 5.68. The first-order valence-electron chi connectivity index (χ1n) is 11.2. The van der Waals surface area contributed by atoms with Gasteiger partial charge >= 0.3 is 0 Å². The van der Waals surface area contributed by atoms with Crippen molar-refractivity contribution in [3.63, 3.8) is 0 Å². The molecular formula is C24H31Cl2N3O3S. The smallest absolute Gasteiger partial charge is 0.232 e. The summed E-state index contributed by atoms with van der Waals surface area (Å²) in [5, 5.41) is 3.62. The minimum atomic E-state index is -3.57. The van der Waals surface area contributed by atoms with E-state index in [2.05, 4.69) is 22.3 Å². The maximum absolute atomic E-state index is 12.4. The van der Waals surface area contributed by atoms with E-state index in [1.165, 1.54) is 35.2 Å². The third kappa shape index (κ3) is 8.18. The van der Waals surface area contributed by atoms with Crippen LogP contribution in [0.15, 0.2) is 42.5 Å². The average molecular weight is 513 g/mol. The maximum Gasteiger partial charge on any atom is 0.232 e. The lowest BCUT2D eigenvalue weighted by Crippen LogP contribution is -2.32. The molecule has 1 fully saturated rings. The molecule has 2 aromatic carbocycles. The molecule has 1 saturated heterocycles. The Morgan fingerprint density at radius 2 is 1.79 bits per heavy atom. The van der Waals surface area contributed by atoms with Crippen LogP contribution in [0.3, 0.4) is 0 Å². The highest BCUT2D eigenvalue weighted by Gasteiger charge is 2.20. The highest BCUT2D eigenvalue weighted by molar-refractivity contribution is 7.92. The molecule has 0 spiro atoms. The van der Waals surface area contributed by atoms with Gasteiger partial charge in [-0.15, -0.1) is 0 Å². The number of benzene rings is 2. The van der Waals surface area contributed by atoms with E-state index < -0.39 is 10.0 Å². The monoisotopic (exact) mass is 511 g/mol. The Bertz CT molecular complexity index is 1060. The van der Waals surface area contributed by atoms with Gasteiger partial charge in [0.05, 0.1) is 17.0 Å². The number of carbonyl (C=O) groups excluding carboxylic acids is 1. The van der Waals surface area contributed by atoms with Crippen molar-refractivity contribution in [1.29, 1.82) is 0 Å². The van der Waals surface area contributed by atoms with Gasteiger partial charge in [0.2, 0.25) is 15.9 Å². The molecule has 0 aliphatic carbocycles. The Hall–Kier alpha value is -1.80. The second-order valence-electron chi connectivity index (χ2n) is 8.47. The second-order valence-corrected chi connectivity index (χ2v) is 11.2. The number of nitrogens with zero attached hydrogens (tertiary/aromatic N) is 2. The van der Waals surface area contributed by atoms with E-state index in [4.69, 9.17) is 23.2 Å². The molecule has 1 N–H and O–H groups in total. The summed E-state index contributed by atoms with van der Waals surface area (Å²) >= 11 is 12.2. The van der Waals surface area contributed by atoms with Crippen LogP contribution in [0.1, 0.15) is 43.2 Å². The highest BCUT2D eigenvalue weighted by Crippen LogP contribution is 2.30. The first kappa shape index (κ1) is 25.8. The fraction of sp³-hybridized carbons (Fsp3) is 0.458. The van der Waals surface area contributed by atoms with Gasteiger partial charge in [0.25, 0.3) is 0 Å². The Morgan fingerprint density at radius 3 is 2.52 bits per heavy atom. The molecule has 2 aromatic rings. The fourth-order valence-electron chi connectivity index (χ4n) is 4.03. The van der Waals surface area contributed by atoms with Crippen LogP contribution in [-0.2, 0) is 27.9 Å². The molecule has 0 bridgehead atoms. The number of piperidine rings is 1. The summed E-state index contributed by atoms with van der Waals surface area (Å²) in [5.41, 5.74) is 2.63. The first-order chi connectivity index (χ1) is 15.7. The Balaban J connectivity index is 1.49. The van der Waals surface area contributed by atoms with Crippen molar-refractivity contribution < 1.29 is 13.2 Å². The molecule has 9 heteroatoms. The van der Waals surface area contributed by atoms with Gasteiger partial charge in [0.15, 0.2) is 0 Å². The fourth-order valence-corrected chi connectivity index (χ4v) is 5.43. The van der Waals surface area contributed by atoms with Gasteiger partial charge < -0.3 is 5.32 Å². The van der Waals surface area contributed by atoms with Crippen molar-refractivity contribution in [1.82, 2.24) is 10.2 Å². The van der Waals surface area contributed by atoms with Crippen LogP contribution in [0.5, 0.6) is 0 Å². The molecule has 180 valence electrons. The predicted octanol–water partition coefficient (Wildman–Crippen LogP) is 4.84. The molecule has 1 amide bonds. The third-order valence-corrected chi connectivity index (χ3v) is 7.41. The number of hydrogen-bond acceptors (Lipinski definition) is 4. The van der Waals surface area contributed by atoms with E-state index in [9.17, 15) is 13.2 Å². The van der Waals surface area contributed by atoms with Crippen LogP contribution in [0.4, 0.5) is 5.69 Å². The number of rotatable bonds is 10. The largest absolute Gasteiger partial charge is 0.352 e. The van der Waals surface area contributed by atoms with Crippen LogP contribution in [0.2, 0.25) is 10.0 Å². The van der Waals surface area contributed by atoms with Gasteiger partial charge in [-0.1, -0.05) is 53.9 Å². The standard InChI is InChI=1S/C24H31Cl2N3O3S/c1-33(31,32)29(23-16-21(25)10-11-22(23)26)14-6-9-24(30)27-17-19-7-5-8-20(15-19)18-28-12-3-2-4-13-28/h5,7-8,10-11,15-16H,2-4,6,9,12-14,17-18H2,1H3,(H,27,30). The molecule has 0 aromatic heterocycles. The lowest BCUT2D eigenvalue weighted by atomic mass is 10.1. The molecule has 0 saturated carbocycles. The predicted molar refractivity (Wildman–Crippen MR) is 135 cm³/mol. The quantitative estimate of drug-likeness (QED) is 0.495. The minimum absolute atomic E-state index is 0.123. The molecule has 6 nitrogen and oxygen atoms in total. The van der Waals surface area contributed by atoms with Gasteiger partial charge in [-0.2, -0.15) is 0 Å². The Labute approximate surface area is 206 Å². The van der Waals surface area contributed by atoms with E-state index in [1.54, 1.807) is 12.1 Å². The van der Waals surface area contributed by atoms with Crippen LogP contribution in [0, 0.1) is 0 Å². The van der Waals surface area contributed by atoms with Crippen LogP contribution in [-0.4, -0.2) is 45.1 Å². The maximum atomic E-state index is 12.4. The molecule has 0 unspecified atom stereocenters. The Kier molecular flexibility index (Phi) is 9.44. The lowest BCUT2D eigenvalue weighted by molar-refractivity contribution is -0.121. The van der Waals surface area contributed by atoms with Gasteiger partial charge in [-0.3, -0.25) is 14.0 Å². The van der Waals surface area contributed by atoms with E-state index in [0.29, 0.717) is 28.7 Å².